The van der Waals surface area contributed by atoms with Gasteiger partial charge in [0.15, 0.2) is 13.2 Å². The molecule has 1 aromatic carbocycles. The van der Waals surface area contributed by atoms with Gasteiger partial charge in [-0.3, -0.25) is 4.79 Å². The molecule has 0 bridgehead atoms. The summed E-state index contributed by atoms with van der Waals surface area (Å²) in [5.74, 6) is -0.604. The number of anilines is 1. The molecule has 0 aliphatic rings. The highest BCUT2D eigenvalue weighted by molar-refractivity contribution is 6.39. The van der Waals surface area contributed by atoms with Crippen LogP contribution in [0.5, 0.6) is 5.88 Å². The number of rotatable bonds is 6. The SMILES string of the molecule is Cc1cc(OCC(=O)OCC(=O)Nc2c(Cl)cccc2Cl)no1. The van der Waals surface area contributed by atoms with Crippen molar-refractivity contribution >= 4 is 40.8 Å². The van der Waals surface area contributed by atoms with Crippen LogP contribution < -0.4 is 10.1 Å². The van der Waals surface area contributed by atoms with E-state index in [9.17, 15) is 9.59 Å². The number of benzene rings is 1. The second-order valence-electron chi connectivity index (χ2n) is 4.37. The van der Waals surface area contributed by atoms with Crippen molar-refractivity contribution in [2.75, 3.05) is 18.5 Å². The Kier molecular flexibility index (Phi) is 5.84. The minimum absolute atomic E-state index is 0.159. The van der Waals surface area contributed by atoms with Gasteiger partial charge in [-0.05, 0) is 24.2 Å². The molecule has 0 fully saturated rings. The van der Waals surface area contributed by atoms with Gasteiger partial charge in [-0.25, -0.2) is 4.79 Å². The fraction of sp³-hybridized carbons (Fsp3) is 0.214. The number of carbonyl (C=O) groups is 2. The molecule has 0 unspecified atom stereocenters. The third-order valence-corrected chi connectivity index (χ3v) is 3.17. The van der Waals surface area contributed by atoms with E-state index in [4.69, 9.17) is 37.2 Å². The maximum Gasteiger partial charge on any atom is 0.344 e. The normalized spacial score (nSPS) is 10.2. The number of carbonyl (C=O) groups excluding carboxylic acids is 2. The zero-order valence-corrected chi connectivity index (χ0v) is 13.5. The van der Waals surface area contributed by atoms with Crippen molar-refractivity contribution in [2.45, 2.75) is 6.92 Å². The highest BCUT2D eigenvalue weighted by atomic mass is 35.5. The van der Waals surface area contributed by atoms with Crippen LogP contribution in [-0.4, -0.2) is 30.2 Å². The predicted octanol–water partition coefficient (Wildman–Crippen LogP) is 2.85. The third-order valence-electron chi connectivity index (χ3n) is 2.54. The summed E-state index contributed by atoms with van der Waals surface area (Å²) >= 11 is 11.8. The van der Waals surface area contributed by atoms with E-state index in [-0.39, 0.29) is 21.6 Å². The number of ether oxygens (including phenoxy) is 2. The Morgan fingerprint density at radius 2 is 1.96 bits per heavy atom. The molecule has 0 aliphatic heterocycles. The summed E-state index contributed by atoms with van der Waals surface area (Å²) in [6.45, 7) is 0.788. The molecule has 0 saturated heterocycles. The topological polar surface area (TPSA) is 90.7 Å². The van der Waals surface area contributed by atoms with E-state index in [0.717, 1.165) is 0 Å². The van der Waals surface area contributed by atoms with Gasteiger partial charge in [0.2, 0.25) is 0 Å². The standard InChI is InChI=1S/C14H12Cl2N2O5/c1-8-5-12(18-23-8)21-7-13(20)22-6-11(19)17-14-9(15)3-2-4-10(14)16/h2-5H,6-7H2,1H3,(H,17,19). The summed E-state index contributed by atoms with van der Waals surface area (Å²) in [6.07, 6.45) is 0. The molecule has 1 heterocycles. The first-order valence-corrected chi connectivity index (χ1v) is 7.17. The van der Waals surface area contributed by atoms with Crippen molar-refractivity contribution in [1.82, 2.24) is 5.16 Å². The Morgan fingerprint density at radius 1 is 1.26 bits per heavy atom. The number of nitrogens with one attached hydrogen (secondary N) is 1. The van der Waals surface area contributed by atoms with Crippen LogP contribution in [0.1, 0.15) is 5.76 Å². The van der Waals surface area contributed by atoms with E-state index < -0.39 is 25.1 Å². The van der Waals surface area contributed by atoms with Crippen molar-refractivity contribution in [3.8, 4) is 5.88 Å². The average Bonchev–Trinajstić information content (AvgIpc) is 2.92. The van der Waals surface area contributed by atoms with Crippen LogP contribution >= 0.6 is 23.2 Å². The van der Waals surface area contributed by atoms with Crippen molar-refractivity contribution in [1.29, 1.82) is 0 Å². The fourth-order valence-electron chi connectivity index (χ4n) is 1.52. The van der Waals surface area contributed by atoms with Crippen molar-refractivity contribution in [3.05, 3.63) is 40.1 Å². The lowest BCUT2D eigenvalue weighted by Crippen LogP contribution is -2.24. The molecule has 2 aromatic rings. The predicted molar refractivity (Wildman–Crippen MR) is 82.8 cm³/mol. The number of para-hydroxylation sites is 1. The Balaban J connectivity index is 1.76. The van der Waals surface area contributed by atoms with E-state index in [1.54, 1.807) is 25.1 Å². The maximum atomic E-state index is 11.7. The smallest absolute Gasteiger partial charge is 0.344 e. The molecular formula is C14H12Cl2N2O5. The summed E-state index contributed by atoms with van der Waals surface area (Å²) in [7, 11) is 0. The lowest BCUT2D eigenvalue weighted by Gasteiger charge is -2.09. The molecule has 0 atom stereocenters. The van der Waals surface area contributed by atoms with Gasteiger partial charge in [-0.1, -0.05) is 29.3 Å². The minimum atomic E-state index is -0.731. The van der Waals surface area contributed by atoms with Gasteiger partial charge in [-0.15, -0.1) is 0 Å². The molecule has 9 heteroatoms. The fourth-order valence-corrected chi connectivity index (χ4v) is 2.02. The molecule has 1 N–H and O–H groups in total. The second-order valence-corrected chi connectivity index (χ2v) is 5.18. The largest absolute Gasteiger partial charge is 0.463 e. The van der Waals surface area contributed by atoms with E-state index in [0.29, 0.717) is 5.76 Å². The Bertz CT molecular complexity index is 697. The molecule has 23 heavy (non-hydrogen) atoms. The van der Waals surface area contributed by atoms with Gasteiger partial charge in [0.05, 0.1) is 15.7 Å². The molecule has 1 aromatic heterocycles. The first kappa shape index (κ1) is 17.1. The van der Waals surface area contributed by atoms with Crippen molar-refractivity contribution < 1.29 is 23.6 Å². The Hall–Kier alpha value is -2.25. The van der Waals surface area contributed by atoms with E-state index >= 15 is 0 Å². The molecule has 0 spiro atoms. The van der Waals surface area contributed by atoms with Gasteiger partial charge in [0.25, 0.3) is 11.8 Å². The third kappa shape index (κ3) is 5.15. The molecule has 0 radical (unpaired) electrons. The number of amides is 1. The lowest BCUT2D eigenvalue weighted by molar-refractivity contribution is -0.149. The molecule has 0 aliphatic carbocycles. The average molecular weight is 359 g/mol. The Morgan fingerprint density at radius 3 is 2.57 bits per heavy atom. The van der Waals surface area contributed by atoms with Gasteiger partial charge < -0.3 is 19.3 Å². The van der Waals surface area contributed by atoms with Gasteiger partial charge >= 0.3 is 5.97 Å². The van der Waals surface area contributed by atoms with Crippen LogP contribution in [-0.2, 0) is 14.3 Å². The Labute approximate surface area is 141 Å². The van der Waals surface area contributed by atoms with Crippen LogP contribution in [0.25, 0.3) is 0 Å². The summed E-state index contributed by atoms with van der Waals surface area (Å²) in [5.41, 5.74) is 0.256. The van der Waals surface area contributed by atoms with Crippen LogP contribution in [0, 0.1) is 6.92 Å². The van der Waals surface area contributed by atoms with E-state index in [1.807, 2.05) is 0 Å². The number of nitrogens with zero attached hydrogens (tertiary/aromatic N) is 1. The highest BCUT2D eigenvalue weighted by Crippen LogP contribution is 2.29. The van der Waals surface area contributed by atoms with Crippen molar-refractivity contribution in [2.24, 2.45) is 0 Å². The zero-order chi connectivity index (χ0) is 16.8. The molecular weight excluding hydrogens is 347 g/mol. The summed E-state index contributed by atoms with van der Waals surface area (Å²) in [5, 5.41) is 6.57. The zero-order valence-electron chi connectivity index (χ0n) is 12.0. The molecule has 7 nitrogen and oxygen atoms in total. The van der Waals surface area contributed by atoms with Crippen LogP contribution in [0.15, 0.2) is 28.8 Å². The summed E-state index contributed by atoms with van der Waals surface area (Å²) in [6, 6.07) is 6.30. The van der Waals surface area contributed by atoms with Crippen LogP contribution in [0.4, 0.5) is 5.69 Å². The lowest BCUT2D eigenvalue weighted by atomic mass is 10.3. The number of halogens is 2. The first-order valence-electron chi connectivity index (χ1n) is 6.41. The molecule has 0 saturated carbocycles. The molecule has 2 rings (SSSR count). The number of aromatic nitrogens is 1. The number of hydrogen-bond acceptors (Lipinski definition) is 6. The first-order chi connectivity index (χ1) is 11.0. The molecule has 122 valence electrons. The van der Waals surface area contributed by atoms with E-state index in [1.165, 1.54) is 6.07 Å². The quantitative estimate of drug-likeness (QED) is 0.798. The number of hydrogen-bond donors (Lipinski definition) is 1. The summed E-state index contributed by atoms with van der Waals surface area (Å²) < 4.78 is 14.6. The highest BCUT2D eigenvalue weighted by Gasteiger charge is 2.13. The van der Waals surface area contributed by atoms with Crippen molar-refractivity contribution in [3.63, 3.8) is 0 Å². The minimum Gasteiger partial charge on any atom is -0.463 e. The second kappa shape index (κ2) is 7.85. The van der Waals surface area contributed by atoms with Gasteiger partial charge in [0.1, 0.15) is 5.76 Å². The number of esters is 1. The van der Waals surface area contributed by atoms with Gasteiger partial charge in [0, 0.05) is 6.07 Å². The van der Waals surface area contributed by atoms with E-state index in [2.05, 4.69) is 10.5 Å². The van der Waals surface area contributed by atoms with Crippen LogP contribution in [0.2, 0.25) is 10.0 Å². The summed E-state index contributed by atoms with van der Waals surface area (Å²) in [4.78, 5) is 23.2. The van der Waals surface area contributed by atoms with Crippen LogP contribution in [0.3, 0.4) is 0 Å². The van der Waals surface area contributed by atoms with Gasteiger partial charge in [-0.2, -0.15) is 0 Å². The number of aryl methyl sites for hydroxylation is 1. The maximum absolute atomic E-state index is 11.7. The molecule has 1 amide bonds. The monoisotopic (exact) mass is 358 g/mol.